The number of anilines is 1. The molecule has 1 fully saturated rings. The van der Waals surface area contributed by atoms with Gasteiger partial charge < -0.3 is 14.4 Å². The van der Waals surface area contributed by atoms with Gasteiger partial charge in [0.25, 0.3) is 15.9 Å². The van der Waals surface area contributed by atoms with Crippen LogP contribution in [0.2, 0.25) is 0 Å². The van der Waals surface area contributed by atoms with Gasteiger partial charge in [-0.25, -0.2) is 8.42 Å². The van der Waals surface area contributed by atoms with E-state index in [2.05, 4.69) is 4.72 Å². The zero-order valence-corrected chi connectivity index (χ0v) is 18.4. The van der Waals surface area contributed by atoms with Gasteiger partial charge in [0.1, 0.15) is 10.6 Å². The topological polar surface area (TPSA) is 102 Å². The van der Waals surface area contributed by atoms with Crippen molar-refractivity contribution in [3.05, 3.63) is 54.1 Å². The zero-order chi connectivity index (χ0) is 22.4. The summed E-state index contributed by atoms with van der Waals surface area (Å²) in [5.74, 6) is -0.286. The van der Waals surface area contributed by atoms with Crippen LogP contribution in [0, 0.1) is 5.92 Å². The molecule has 0 unspecified atom stereocenters. The Morgan fingerprint density at radius 1 is 1.06 bits per heavy atom. The number of benzene rings is 2. The van der Waals surface area contributed by atoms with E-state index in [0.717, 1.165) is 0 Å². The molecule has 2 aromatic rings. The maximum absolute atomic E-state index is 12.8. The fraction of sp³-hybridized carbons (Fsp3) is 0.364. The monoisotopic (exact) mass is 446 g/mol. The molecule has 1 amide bonds. The van der Waals surface area contributed by atoms with Crippen molar-refractivity contribution in [2.75, 3.05) is 31.5 Å². The average Bonchev–Trinajstić information content (AvgIpc) is 2.79. The third-order valence-electron chi connectivity index (χ3n) is 5.14. The van der Waals surface area contributed by atoms with Crippen molar-refractivity contribution >= 4 is 27.6 Å². The van der Waals surface area contributed by atoms with E-state index in [9.17, 15) is 18.0 Å². The number of hydrogen-bond donors (Lipinski definition) is 1. The lowest BCUT2D eigenvalue weighted by atomic mass is 9.96. The van der Waals surface area contributed by atoms with Crippen molar-refractivity contribution in [3.8, 4) is 5.75 Å². The van der Waals surface area contributed by atoms with Gasteiger partial charge in [-0.05, 0) is 56.2 Å². The Bertz CT molecular complexity index is 1030. The molecule has 1 N–H and O–H groups in total. The molecule has 9 heteroatoms. The first-order valence-corrected chi connectivity index (χ1v) is 11.6. The molecule has 8 nitrogen and oxygen atoms in total. The molecule has 1 saturated heterocycles. The molecular weight excluding hydrogens is 420 g/mol. The first-order chi connectivity index (χ1) is 14.9. The normalized spacial score (nSPS) is 14.7. The highest BCUT2D eigenvalue weighted by Gasteiger charge is 2.28. The molecule has 0 aromatic heterocycles. The Morgan fingerprint density at radius 3 is 2.32 bits per heavy atom. The van der Waals surface area contributed by atoms with Gasteiger partial charge in [-0.3, -0.25) is 14.3 Å². The van der Waals surface area contributed by atoms with Crippen LogP contribution in [-0.4, -0.2) is 52.0 Å². The van der Waals surface area contributed by atoms with E-state index in [-0.39, 0.29) is 28.4 Å². The standard InChI is InChI=1S/C22H26N2O6S/c1-3-30-22(26)17-12-14-24(15-13-17)21(25)16-8-10-18(11-9-16)23-31(27,28)20-7-5-4-6-19(20)29-2/h4-11,17,23H,3,12-15H2,1-2H3. The molecule has 0 bridgehead atoms. The number of carbonyl (C=O) groups excluding carboxylic acids is 2. The largest absolute Gasteiger partial charge is 0.495 e. The first kappa shape index (κ1) is 22.6. The molecule has 1 aliphatic heterocycles. The minimum Gasteiger partial charge on any atom is -0.495 e. The lowest BCUT2D eigenvalue weighted by Gasteiger charge is -2.31. The predicted octanol–water partition coefficient (Wildman–Crippen LogP) is 2.91. The third kappa shape index (κ3) is 5.35. The minimum atomic E-state index is -3.84. The number of sulfonamides is 1. The number of nitrogens with zero attached hydrogens (tertiary/aromatic N) is 1. The Labute approximate surface area is 182 Å². The van der Waals surface area contributed by atoms with Crippen LogP contribution in [0.25, 0.3) is 0 Å². The third-order valence-corrected chi connectivity index (χ3v) is 6.57. The van der Waals surface area contributed by atoms with Crippen LogP contribution in [0.5, 0.6) is 5.75 Å². The lowest BCUT2D eigenvalue weighted by Crippen LogP contribution is -2.40. The van der Waals surface area contributed by atoms with Gasteiger partial charge in [0.05, 0.1) is 19.6 Å². The first-order valence-electron chi connectivity index (χ1n) is 10.1. The van der Waals surface area contributed by atoms with Crippen LogP contribution in [0.4, 0.5) is 5.69 Å². The summed E-state index contributed by atoms with van der Waals surface area (Å²) in [6.07, 6.45) is 1.14. The number of piperidine rings is 1. The molecule has 0 spiro atoms. The summed E-state index contributed by atoms with van der Waals surface area (Å²) >= 11 is 0. The summed E-state index contributed by atoms with van der Waals surface area (Å²) in [6, 6.07) is 12.6. The van der Waals surface area contributed by atoms with Gasteiger partial charge in [0.15, 0.2) is 0 Å². The summed E-state index contributed by atoms with van der Waals surface area (Å²) in [5, 5.41) is 0. The minimum absolute atomic E-state index is 0.0297. The Balaban J connectivity index is 1.64. The van der Waals surface area contributed by atoms with Crippen LogP contribution in [0.3, 0.4) is 0 Å². The van der Waals surface area contributed by atoms with Crippen molar-refractivity contribution in [3.63, 3.8) is 0 Å². The fourth-order valence-corrected chi connectivity index (χ4v) is 4.72. The van der Waals surface area contributed by atoms with Crippen molar-refractivity contribution in [1.29, 1.82) is 0 Å². The Kier molecular flexibility index (Phi) is 7.17. The molecular formula is C22H26N2O6S. The van der Waals surface area contributed by atoms with E-state index >= 15 is 0 Å². The van der Waals surface area contributed by atoms with Crippen LogP contribution in [0.15, 0.2) is 53.4 Å². The predicted molar refractivity (Wildman–Crippen MR) is 116 cm³/mol. The highest BCUT2D eigenvalue weighted by atomic mass is 32.2. The van der Waals surface area contributed by atoms with Gasteiger partial charge >= 0.3 is 5.97 Å². The number of nitrogens with one attached hydrogen (secondary N) is 1. The molecule has 166 valence electrons. The molecule has 1 aliphatic rings. The van der Waals surface area contributed by atoms with E-state index in [1.54, 1.807) is 54.3 Å². The molecule has 31 heavy (non-hydrogen) atoms. The van der Waals surface area contributed by atoms with Gasteiger partial charge in [-0.15, -0.1) is 0 Å². The summed E-state index contributed by atoms with van der Waals surface area (Å²) in [7, 11) is -2.44. The van der Waals surface area contributed by atoms with E-state index < -0.39 is 10.0 Å². The summed E-state index contributed by atoms with van der Waals surface area (Å²) in [4.78, 5) is 26.3. The second kappa shape index (κ2) is 9.82. The molecule has 0 atom stereocenters. The molecule has 1 heterocycles. The molecule has 0 saturated carbocycles. The van der Waals surface area contributed by atoms with Gasteiger partial charge in [-0.2, -0.15) is 0 Å². The molecule has 2 aromatic carbocycles. The average molecular weight is 447 g/mol. The number of methoxy groups -OCH3 is 1. The van der Waals surface area contributed by atoms with Gasteiger partial charge in [-0.1, -0.05) is 12.1 Å². The van der Waals surface area contributed by atoms with Gasteiger partial charge in [0.2, 0.25) is 0 Å². The fourth-order valence-electron chi connectivity index (χ4n) is 3.49. The second-order valence-corrected chi connectivity index (χ2v) is 8.80. The molecule has 3 rings (SSSR count). The number of carbonyl (C=O) groups is 2. The van der Waals surface area contributed by atoms with Crippen molar-refractivity contribution in [1.82, 2.24) is 4.90 Å². The number of esters is 1. The number of rotatable bonds is 7. The Morgan fingerprint density at radius 2 is 1.71 bits per heavy atom. The summed E-state index contributed by atoms with van der Waals surface area (Å²) < 4.78 is 38.0. The van der Waals surface area contributed by atoms with Crippen molar-refractivity contribution in [2.24, 2.45) is 5.92 Å². The smallest absolute Gasteiger partial charge is 0.309 e. The number of amides is 1. The van der Waals surface area contributed by atoms with E-state index in [0.29, 0.717) is 43.8 Å². The zero-order valence-electron chi connectivity index (χ0n) is 17.5. The maximum Gasteiger partial charge on any atom is 0.309 e. The van der Waals surface area contributed by atoms with Crippen LogP contribution >= 0.6 is 0 Å². The quantitative estimate of drug-likeness (QED) is 0.656. The molecule has 0 radical (unpaired) electrons. The number of para-hydroxylation sites is 1. The van der Waals surface area contributed by atoms with Gasteiger partial charge in [0, 0.05) is 24.3 Å². The van der Waals surface area contributed by atoms with Crippen LogP contribution < -0.4 is 9.46 Å². The summed E-state index contributed by atoms with van der Waals surface area (Å²) in [6.45, 7) is 3.08. The van der Waals surface area contributed by atoms with Crippen LogP contribution in [-0.2, 0) is 19.6 Å². The Hall–Kier alpha value is -3.07. The number of ether oxygens (including phenoxy) is 2. The van der Waals surface area contributed by atoms with Crippen molar-refractivity contribution < 1.29 is 27.5 Å². The van der Waals surface area contributed by atoms with E-state index in [1.807, 2.05) is 0 Å². The maximum atomic E-state index is 12.8. The molecule has 0 aliphatic carbocycles. The highest BCUT2D eigenvalue weighted by molar-refractivity contribution is 7.92. The lowest BCUT2D eigenvalue weighted by molar-refractivity contribution is -0.149. The second-order valence-electron chi connectivity index (χ2n) is 7.15. The highest BCUT2D eigenvalue weighted by Crippen LogP contribution is 2.26. The van der Waals surface area contributed by atoms with E-state index in [4.69, 9.17) is 9.47 Å². The van der Waals surface area contributed by atoms with Crippen LogP contribution in [0.1, 0.15) is 30.1 Å². The SMILES string of the molecule is CCOC(=O)C1CCN(C(=O)c2ccc(NS(=O)(=O)c3ccccc3OC)cc2)CC1. The number of hydrogen-bond acceptors (Lipinski definition) is 6. The number of likely N-dealkylation sites (tertiary alicyclic amines) is 1. The summed E-state index contributed by atoms with van der Waals surface area (Å²) in [5.41, 5.74) is 0.790. The van der Waals surface area contributed by atoms with E-state index in [1.165, 1.54) is 13.2 Å². The van der Waals surface area contributed by atoms with Crippen molar-refractivity contribution in [2.45, 2.75) is 24.7 Å².